The third-order valence-corrected chi connectivity index (χ3v) is 1.72. The monoisotopic (exact) mass is 209 g/mol. The average molecular weight is 209 g/mol. The highest BCUT2D eigenvalue weighted by Gasteiger charge is 2.11. The molecule has 6 nitrogen and oxygen atoms in total. The van der Waals surface area contributed by atoms with Crippen molar-refractivity contribution in [1.82, 2.24) is 4.90 Å². The van der Waals surface area contributed by atoms with Crippen LogP contribution >= 0.6 is 0 Å². The maximum Gasteiger partial charge on any atom is 0.264 e. The van der Waals surface area contributed by atoms with Gasteiger partial charge in [0.25, 0.3) is 10.1 Å². The van der Waals surface area contributed by atoms with Crippen LogP contribution in [0.5, 0.6) is 0 Å². The minimum absolute atomic E-state index is 0.0774. The fourth-order valence-electron chi connectivity index (χ4n) is 0.481. The van der Waals surface area contributed by atoms with Crippen LogP contribution in [0.4, 0.5) is 0 Å². The number of likely N-dealkylation sites (N-methyl/N-ethyl adjacent to an activating group) is 1. The van der Waals surface area contributed by atoms with Gasteiger partial charge in [-0.1, -0.05) is 0 Å². The van der Waals surface area contributed by atoms with Crippen LogP contribution in [0.15, 0.2) is 0 Å². The van der Waals surface area contributed by atoms with Crippen LogP contribution < -0.4 is 0 Å². The molecule has 0 fully saturated rings. The van der Waals surface area contributed by atoms with Crippen LogP contribution in [0.1, 0.15) is 0 Å². The van der Waals surface area contributed by atoms with E-state index in [1.165, 1.54) is 7.05 Å². The normalized spacial score (nSPS) is 10.9. The topological polar surface area (TPSA) is 80.8 Å². The van der Waals surface area contributed by atoms with Crippen molar-refractivity contribution in [3.8, 4) is 0 Å². The van der Waals surface area contributed by atoms with E-state index in [1.807, 2.05) is 0 Å². The maximum atomic E-state index is 11.0. The molecule has 1 amide bonds. The lowest BCUT2D eigenvalue weighted by Gasteiger charge is -2.12. The Balaban J connectivity index is 3.95. The van der Waals surface area contributed by atoms with Crippen molar-refractivity contribution in [2.75, 3.05) is 26.5 Å². The van der Waals surface area contributed by atoms with E-state index < -0.39 is 22.6 Å². The molecule has 0 aliphatic carbocycles. The molecule has 0 spiro atoms. The molecule has 7 heteroatoms. The quantitative estimate of drug-likeness (QED) is 0.412. The molecule has 0 aliphatic rings. The van der Waals surface area contributed by atoms with E-state index in [-0.39, 0.29) is 6.54 Å². The Morgan fingerprint density at radius 1 is 1.54 bits per heavy atom. The van der Waals surface area contributed by atoms with Crippen LogP contribution in [0.2, 0.25) is 0 Å². The summed E-state index contributed by atoms with van der Waals surface area (Å²) in [5, 5.41) is 0. The molecule has 0 bridgehead atoms. The second-order valence-corrected chi connectivity index (χ2v) is 4.05. The summed E-state index contributed by atoms with van der Waals surface area (Å²) in [7, 11) is -2.23. The van der Waals surface area contributed by atoms with Gasteiger partial charge in [-0.15, -0.1) is 0 Å². The average Bonchev–Trinajstić information content (AvgIpc) is 1.99. The van der Waals surface area contributed by atoms with Gasteiger partial charge in [0.15, 0.2) is 0 Å². The van der Waals surface area contributed by atoms with E-state index in [1.54, 1.807) is 0 Å². The molecule has 0 aromatic carbocycles. The Kier molecular flexibility index (Phi) is 4.57. The van der Waals surface area contributed by atoms with Crippen LogP contribution in [0.25, 0.3) is 0 Å². The van der Waals surface area contributed by atoms with Gasteiger partial charge in [0, 0.05) is 7.05 Å². The number of hydrogen-bond acceptors (Lipinski definition) is 5. The van der Waals surface area contributed by atoms with Crippen LogP contribution in [0, 0.1) is 0 Å². The first kappa shape index (κ1) is 12.0. The molecule has 0 saturated carbocycles. The van der Waals surface area contributed by atoms with Gasteiger partial charge in [0.2, 0.25) is 5.91 Å². The smallest absolute Gasteiger partial charge is 0.264 e. The Labute approximate surface area is 76.6 Å². The SMILES string of the molecule is CN(CC=O)C(=O)COS(C)(=O)=O. The first-order valence-electron chi connectivity index (χ1n) is 3.39. The minimum atomic E-state index is -3.60. The second-order valence-electron chi connectivity index (χ2n) is 2.41. The number of nitrogens with zero attached hydrogens (tertiary/aromatic N) is 1. The van der Waals surface area contributed by atoms with Gasteiger partial charge in [-0.3, -0.25) is 8.98 Å². The Bertz CT molecular complexity index is 283. The van der Waals surface area contributed by atoms with Gasteiger partial charge in [0.1, 0.15) is 12.9 Å². The highest BCUT2D eigenvalue weighted by atomic mass is 32.2. The molecular weight excluding hydrogens is 198 g/mol. The lowest BCUT2D eigenvalue weighted by Crippen LogP contribution is -2.32. The molecule has 0 unspecified atom stereocenters. The molecule has 0 aliphatic heterocycles. The molecule has 0 N–H and O–H groups in total. The summed E-state index contributed by atoms with van der Waals surface area (Å²) in [6.07, 6.45) is 1.39. The van der Waals surface area contributed by atoms with E-state index >= 15 is 0 Å². The predicted molar refractivity (Wildman–Crippen MR) is 44.5 cm³/mol. The van der Waals surface area contributed by atoms with E-state index in [0.717, 1.165) is 11.2 Å². The van der Waals surface area contributed by atoms with Gasteiger partial charge >= 0.3 is 0 Å². The number of carbonyl (C=O) groups is 2. The largest absolute Gasteiger partial charge is 0.337 e. The lowest BCUT2D eigenvalue weighted by atomic mass is 10.5. The summed E-state index contributed by atoms with van der Waals surface area (Å²) in [5.74, 6) is -0.558. The highest BCUT2D eigenvalue weighted by molar-refractivity contribution is 7.86. The third kappa shape index (κ3) is 6.23. The van der Waals surface area contributed by atoms with E-state index in [0.29, 0.717) is 6.29 Å². The number of aldehydes is 1. The van der Waals surface area contributed by atoms with Gasteiger partial charge in [-0.05, 0) is 0 Å². The van der Waals surface area contributed by atoms with Crippen molar-refractivity contribution in [2.24, 2.45) is 0 Å². The van der Waals surface area contributed by atoms with Gasteiger partial charge in [-0.2, -0.15) is 8.42 Å². The number of hydrogen-bond donors (Lipinski definition) is 0. The Morgan fingerprint density at radius 2 is 2.08 bits per heavy atom. The molecule has 0 heterocycles. The van der Waals surface area contributed by atoms with Gasteiger partial charge < -0.3 is 9.69 Å². The van der Waals surface area contributed by atoms with E-state index in [9.17, 15) is 18.0 Å². The highest BCUT2D eigenvalue weighted by Crippen LogP contribution is 1.89. The van der Waals surface area contributed by atoms with Crippen molar-refractivity contribution >= 4 is 22.3 Å². The van der Waals surface area contributed by atoms with Gasteiger partial charge in [0.05, 0.1) is 12.8 Å². The maximum absolute atomic E-state index is 11.0. The summed E-state index contributed by atoms with van der Waals surface area (Å²) in [6.45, 7) is -0.644. The van der Waals surface area contributed by atoms with Crippen molar-refractivity contribution in [3.05, 3.63) is 0 Å². The Morgan fingerprint density at radius 3 is 2.46 bits per heavy atom. The molecule has 0 aromatic rings. The summed E-state index contributed by atoms with van der Waals surface area (Å²) in [5.41, 5.74) is 0. The van der Waals surface area contributed by atoms with E-state index in [2.05, 4.69) is 4.18 Å². The molecular formula is C6H11NO5S. The molecule has 76 valence electrons. The third-order valence-electron chi connectivity index (χ3n) is 1.17. The summed E-state index contributed by atoms with van der Waals surface area (Å²) in [4.78, 5) is 22.0. The van der Waals surface area contributed by atoms with Crippen molar-refractivity contribution in [2.45, 2.75) is 0 Å². The molecule has 13 heavy (non-hydrogen) atoms. The molecule has 0 rings (SSSR count). The first-order chi connectivity index (χ1) is 5.87. The van der Waals surface area contributed by atoms with Crippen molar-refractivity contribution in [1.29, 1.82) is 0 Å². The summed E-state index contributed by atoms with van der Waals surface area (Å²) < 4.78 is 25.1. The number of rotatable bonds is 5. The zero-order chi connectivity index (χ0) is 10.5. The summed E-state index contributed by atoms with van der Waals surface area (Å²) >= 11 is 0. The molecule has 0 saturated heterocycles. The summed E-state index contributed by atoms with van der Waals surface area (Å²) in [6, 6.07) is 0. The zero-order valence-corrected chi connectivity index (χ0v) is 8.20. The van der Waals surface area contributed by atoms with Crippen molar-refractivity contribution in [3.63, 3.8) is 0 Å². The molecule has 0 radical (unpaired) electrons. The number of amides is 1. The van der Waals surface area contributed by atoms with Crippen LogP contribution in [-0.4, -0.2) is 52.0 Å². The molecule has 0 atom stereocenters. The zero-order valence-electron chi connectivity index (χ0n) is 7.39. The first-order valence-corrected chi connectivity index (χ1v) is 5.20. The minimum Gasteiger partial charge on any atom is -0.337 e. The standard InChI is InChI=1S/C6H11NO5S/c1-7(3-4-8)6(9)5-12-13(2,10)11/h4H,3,5H2,1-2H3. The van der Waals surface area contributed by atoms with E-state index in [4.69, 9.17) is 0 Å². The number of carbonyl (C=O) groups excluding carboxylic acids is 2. The fraction of sp³-hybridized carbons (Fsp3) is 0.667. The van der Waals surface area contributed by atoms with Gasteiger partial charge in [-0.25, -0.2) is 0 Å². The van der Waals surface area contributed by atoms with Crippen LogP contribution in [-0.2, 0) is 23.9 Å². The molecule has 0 aromatic heterocycles. The fourth-order valence-corrected chi connectivity index (χ4v) is 0.796. The Hall–Kier alpha value is -0.950. The van der Waals surface area contributed by atoms with Crippen LogP contribution in [0.3, 0.4) is 0 Å². The second kappa shape index (κ2) is 4.93. The van der Waals surface area contributed by atoms with Crippen molar-refractivity contribution < 1.29 is 22.2 Å². The predicted octanol–water partition coefficient (Wildman–Crippen LogP) is -1.38. The lowest BCUT2D eigenvalue weighted by molar-refractivity contribution is -0.133.